The quantitative estimate of drug-likeness (QED) is 0.787. The second-order valence-electron chi connectivity index (χ2n) is 4.43. The molecular weight excluding hydrogens is 347 g/mol. The molecule has 17 heavy (non-hydrogen) atoms. The van der Waals surface area contributed by atoms with Crippen LogP contribution in [0.25, 0.3) is 0 Å². The van der Waals surface area contributed by atoms with Crippen molar-refractivity contribution in [3.8, 4) is 0 Å². The summed E-state index contributed by atoms with van der Waals surface area (Å²) < 4.78 is 0.738. The molecule has 1 aromatic rings. The van der Waals surface area contributed by atoms with E-state index in [0.29, 0.717) is 5.92 Å². The van der Waals surface area contributed by atoms with Crippen LogP contribution in [0.4, 0.5) is 0 Å². The fraction of sp³-hybridized carbons (Fsp3) is 0.667. The molecule has 0 aromatic carbocycles. The van der Waals surface area contributed by atoms with Crippen LogP contribution in [0.3, 0.4) is 0 Å². The van der Waals surface area contributed by atoms with E-state index < -0.39 is 0 Å². The number of hydrogen-bond acceptors (Lipinski definition) is 3. The van der Waals surface area contributed by atoms with Crippen LogP contribution in [0.1, 0.15) is 38.7 Å². The second kappa shape index (κ2) is 7.41. The Bertz CT molecular complexity index is 417. The lowest BCUT2D eigenvalue weighted by Gasteiger charge is -2.07. The zero-order chi connectivity index (χ0) is 12.8. The van der Waals surface area contributed by atoms with E-state index in [1.54, 1.807) is 0 Å². The van der Waals surface area contributed by atoms with Gasteiger partial charge in [-0.05, 0) is 40.7 Å². The average molecular weight is 366 g/mol. The minimum absolute atomic E-state index is 0.00389. The minimum Gasteiger partial charge on any atom is -0.309 e. The Balaban J connectivity index is 2.76. The highest BCUT2D eigenvalue weighted by molar-refractivity contribution is 14.1. The first-order chi connectivity index (χ1) is 8.04. The number of nitrogens with zero attached hydrogens (tertiary/aromatic N) is 1. The summed E-state index contributed by atoms with van der Waals surface area (Å²) in [7, 11) is 0. The van der Waals surface area contributed by atoms with Crippen molar-refractivity contribution in [3.63, 3.8) is 0 Å². The Kier molecular flexibility index (Phi) is 6.54. The van der Waals surface area contributed by atoms with E-state index in [4.69, 9.17) is 0 Å². The van der Waals surface area contributed by atoms with Crippen LogP contribution < -0.4 is 5.56 Å². The summed E-state index contributed by atoms with van der Waals surface area (Å²) in [5.74, 6) is 3.37. The normalized spacial score (nSPS) is 11.1. The van der Waals surface area contributed by atoms with Crippen LogP contribution in [0, 0.1) is 9.49 Å². The van der Waals surface area contributed by atoms with Crippen molar-refractivity contribution in [2.75, 3.05) is 5.75 Å². The molecule has 0 aliphatic rings. The summed E-state index contributed by atoms with van der Waals surface area (Å²) in [5, 5.41) is 0. The first-order valence-corrected chi connectivity index (χ1v) is 8.13. The molecule has 0 saturated carbocycles. The predicted molar refractivity (Wildman–Crippen MR) is 82.6 cm³/mol. The number of halogens is 1. The lowest BCUT2D eigenvalue weighted by molar-refractivity contribution is 0.749. The molecule has 5 heteroatoms. The molecule has 0 saturated heterocycles. The first-order valence-electron chi connectivity index (χ1n) is 5.89. The van der Waals surface area contributed by atoms with Gasteiger partial charge >= 0.3 is 0 Å². The first kappa shape index (κ1) is 15.0. The number of nitrogens with one attached hydrogen (secondary N) is 1. The number of aryl methyl sites for hydroxylation is 1. The molecule has 0 radical (unpaired) electrons. The third-order valence-corrected chi connectivity index (χ3v) is 4.65. The van der Waals surface area contributed by atoms with Gasteiger partial charge in [-0.25, -0.2) is 4.98 Å². The molecule has 1 rings (SSSR count). The lowest BCUT2D eigenvalue weighted by Crippen LogP contribution is -2.17. The number of thioether (sulfide) groups is 1. The molecule has 0 amide bonds. The van der Waals surface area contributed by atoms with Gasteiger partial charge in [-0.2, -0.15) is 11.8 Å². The van der Waals surface area contributed by atoms with E-state index in [9.17, 15) is 4.79 Å². The summed E-state index contributed by atoms with van der Waals surface area (Å²) in [4.78, 5) is 19.1. The van der Waals surface area contributed by atoms with Crippen molar-refractivity contribution >= 4 is 34.4 Å². The lowest BCUT2D eigenvalue weighted by atomic mass is 10.2. The third-order valence-electron chi connectivity index (χ3n) is 2.16. The van der Waals surface area contributed by atoms with E-state index in [0.717, 1.165) is 39.4 Å². The number of H-pyrrole nitrogens is 1. The summed E-state index contributed by atoms with van der Waals surface area (Å²) in [6.07, 6.45) is 1.90. The van der Waals surface area contributed by atoms with Crippen LogP contribution >= 0.6 is 34.4 Å². The van der Waals surface area contributed by atoms with Crippen molar-refractivity contribution in [2.45, 2.75) is 39.4 Å². The van der Waals surface area contributed by atoms with Crippen LogP contribution in [0.2, 0.25) is 0 Å². The predicted octanol–water partition coefficient (Wildman–Crippen LogP) is 3.22. The van der Waals surface area contributed by atoms with E-state index in [-0.39, 0.29) is 5.56 Å². The van der Waals surface area contributed by atoms with Crippen LogP contribution in [0.5, 0.6) is 0 Å². The third kappa shape index (κ3) is 4.99. The van der Waals surface area contributed by atoms with Gasteiger partial charge < -0.3 is 4.98 Å². The van der Waals surface area contributed by atoms with Crippen molar-refractivity contribution < 1.29 is 0 Å². The van der Waals surface area contributed by atoms with Gasteiger partial charge in [0.2, 0.25) is 0 Å². The van der Waals surface area contributed by atoms with E-state index in [1.165, 1.54) is 0 Å². The maximum atomic E-state index is 11.7. The number of aromatic amines is 1. The molecule has 0 bridgehead atoms. The zero-order valence-electron chi connectivity index (χ0n) is 10.5. The van der Waals surface area contributed by atoms with Gasteiger partial charge in [0, 0.05) is 0 Å². The Labute approximate surface area is 120 Å². The summed E-state index contributed by atoms with van der Waals surface area (Å²) in [5.41, 5.74) is 0.946. The molecule has 1 aromatic heterocycles. The number of hydrogen-bond donors (Lipinski definition) is 1. The standard InChI is InChI=1S/C12H19IN2OS/c1-4-5-9-11(13)12(16)15-10(14-9)7-17-6-8(2)3/h8H,4-7H2,1-3H3,(H,14,15,16). The Morgan fingerprint density at radius 2 is 2.18 bits per heavy atom. The molecule has 0 unspecified atom stereocenters. The summed E-state index contributed by atoms with van der Waals surface area (Å²) >= 11 is 3.90. The van der Waals surface area contributed by atoms with E-state index >= 15 is 0 Å². The van der Waals surface area contributed by atoms with Gasteiger partial charge in [-0.1, -0.05) is 27.2 Å². The van der Waals surface area contributed by atoms with Gasteiger partial charge in [0.05, 0.1) is 15.0 Å². The van der Waals surface area contributed by atoms with Crippen LogP contribution in [-0.4, -0.2) is 15.7 Å². The van der Waals surface area contributed by atoms with Crippen LogP contribution in [-0.2, 0) is 12.2 Å². The van der Waals surface area contributed by atoms with Gasteiger partial charge in [0.1, 0.15) is 5.82 Å². The maximum absolute atomic E-state index is 11.7. The smallest absolute Gasteiger partial charge is 0.264 e. The SMILES string of the molecule is CCCc1nc(CSCC(C)C)[nH]c(=O)c1I. The number of rotatable bonds is 6. The molecule has 0 aliphatic carbocycles. The van der Waals surface area contributed by atoms with Crippen molar-refractivity contribution in [1.29, 1.82) is 0 Å². The highest BCUT2D eigenvalue weighted by Crippen LogP contribution is 2.14. The largest absolute Gasteiger partial charge is 0.309 e. The Morgan fingerprint density at radius 3 is 2.76 bits per heavy atom. The summed E-state index contributed by atoms with van der Waals surface area (Å²) in [6, 6.07) is 0. The molecule has 0 atom stereocenters. The Hall–Kier alpha value is -0.0400. The fourth-order valence-corrected chi connectivity index (χ4v) is 2.86. The van der Waals surface area contributed by atoms with Crippen molar-refractivity contribution in [3.05, 3.63) is 25.4 Å². The highest BCUT2D eigenvalue weighted by atomic mass is 127. The van der Waals surface area contributed by atoms with E-state index in [1.807, 2.05) is 11.8 Å². The monoisotopic (exact) mass is 366 g/mol. The summed E-state index contributed by atoms with van der Waals surface area (Å²) in [6.45, 7) is 6.49. The zero-order valence-corrected chi connectivity index (χ0v) is 13.5. The molecule has 1 N–H and O–H groups in total. The molecule has 1 heterocycles. The topological polar surface area (TPSA) is 45.8 Å². The molecule has 0 aliphatic heterocycles. The van der Waals surface area contributed by atoms with Gasteiger partial charge in [0.25, 0.3) is 5.56 Å². The van der Waals surface area contributed by atoms with Crippen molar-refractivity contribution in [2.24, 2.45) is 5.92 Å². The van der Waals surface area contributed by atoms with Gasteiger partial charge in [-0.15, -0.1) is 0 Å². The van der Waals surface area contributed by atoms with E-state index in [2.05, 4.69) is 53.3 Å². The number of aromatic nitrogens is 2. The van der Waals surface area contributed by atoms with Crippen molar-refractivity contribution in [1.82, 2.24) is 9.97 Å². The maximum Gasteiger partial charge on any atom is 0.264 e. The second-order valence-corrected chi connectivity index (χ2v) is 6.54. The van der Waals surface area contributed by atoms with Gasteiger partial charge in [0.15, 0.2) is 0 Å². The average Bonchev–Trinajstić information content (AvgIpc) is 2.25. The molecule has 96 valence electrons. The molecule has 0 spiro atoms. The van der Waals surface area contributed by atoms with Gasteiger partial charge in [-0.3, -0.25) is 4.79 Å². The highest BCUT2D eigenvalue weighted by Gasteiger charge is 2.08. The minimum atomic E-state index is 0.00389. The molecule has 0 fully saturated rings. The van der Waals surface area contributed by atoms with Crippen LogP contribution in [0.15, 0.2) is 4.79 Å². The molecule has 3 nitrogen and oxygen atoms in total. The molecular formula is C12H19IN2OS. The Morgan fingerprint density at radius 1 is 1.47 bits per heavy atom. The fourth-order valence-electron chi connectivity index (χ4n) is 1.42.